The summed E-state index contributed by atoms with van der Waals surface area (Å²) in [6, 6.07) is 3.69. The predicted molar refractivity (Wildman–Crippen MR) is 106 cm³/mol. The number of amides is 1. The van der Waals surface area contributed by atoms with Crippen LogP contribution in [0.15, 0.2) is 18.3 Å². The molecule has 1 N–H and O–H groups in total. The van der Waals surface area contributed by atoms with Crippen LogP contribution in [-0.2, 0) is 29.4 Å². The lowest BCUT2D eigenvalue weighted by atomic mass is 10.0. The number of morpholine rings is 1. The van der Waals surface area contributed by atoms with E-state index in [0.29, 0.717) is 37.4 Å². The fourth-order valence-electron chi connectivity index (χ4n) is 3.94. The second-order valence-electron chi connectivity index (χ2n) is 7.56. The molecule has 2 aliphatic heterocycles. The van der Waals surface area contributed by atoms with Crippen LogP contribution >= 0.6 is 0 Å². The van der Waals surface area contributed by atoms with Crippen molar-refractivity contribution in [2.75, 3.05) is 36.5 Å². The van der Waals surface area contributed by atoms with E-state index in [0.717, 1.165) is 30.2 Å². The van der Waals surface area contributed by atoms with Gasteiger partial charge < -0.3 is 19.7 Å². The second-order valence-corrected chi connectivity index (χ2v) is 7.56. The van der Waals surface area contributed by atoms with Gasteiger partial charge in [-0.3, -0.25) is 9.48 Å². The van der Waals surface area contributed by atoms with Gasteiger partial charge >= 0.3 is 0 Å². The molecule has 150 valence electrons. The third-order valence-corrected chi connectivity index (χ3v) is 5.12. The highest BCUT2D eigenvalue weighted by Crippen LogP contribution is 2.26. The number of pyridine rings is 1. The van der Waals surface area contributed by atoms with Crippen molar-refractivity contribution >= 4 is 17.5 Å². The Bertz CT molecular complexity index is 856. The molecule has 1 saturated heterocycles. The molecule has 2 atom stereocenters. The number of fused-ring (bicyclic) bond motifs is 1. The van der Waals surface area contributed by atoms with Crippen molar-refractivity contribution < 1.29 is 14.3 Å². The largest absolute Gasteiger partial charge is 0.381 e. The van der Waals surface area contributed by atoms with E-state index in [-0.39, 0.29) is 18.1 Å². The first-order valence-corrected chi connectivity index (χ1v) is 9.81. The van der Waals surface area contributed by atoms with Gasteiger partial charge in [0.15, 0.2) is 5.82 Å². The van der Waals surface area contributed by atoms with E-state index >= 15 is 0 Å². The summed E-state index contributed by atoms with van der Waals surface area (Å²) in [5.74, 6) is 1.21. The van der Waals surface area contributed by atoms with Crippen molar-refractivity contribution in [3.05, 3.63) is 35.2 Å². The normalized spacial score (nSPS) is 22.5. The summed E-state index contributed by atoms with van der Waals surface area (Å²) >= 11 is 0. The Labute approximate surface area is 164 Å². The molecule has 8 nitrogen and oxygen atoms in total. The number of carbonyl (C=O) groups is 1. The molecule has 2 aromatic rings. The van der Waals surface area contributed by atoms with Gasteiger partial charge in [-0.1, -0.05) is 0 Å². The zero-order chi connectivity index (χ0) is 19.7. The molecule has 0 saturated carbocycles. The van der Waals surface area contributed by atoms with E-state index < -0.39 is 0 Å². The Morgan fingerprint density at radius 2 is 1.96 bits per heavy atom. The molecule has 0 unspecified atom stereocenters. The molecule has 8 heteroatoms. The molecule has 0 bridgehead atoms. The van der Waals surface area contributed by atoms with Crippen molar-refractivity contribution in [1.82, 2.24) is 14.8 Å². The van der Waals surface area contributed by atoms with Crippen LogP contribution in [0.3, 0.4) is 0 Å². The molecule has 0 aromatic carbocycles. The standard InChI is InChI=1S/C20H27N5O3/c1-13-11-25(12-14(2)28-13)19-10-16(15-5-8-27-9-6-17(15)21-19)20(26)22-18-4-7-24(3)23-18/h4,7,10,13-14H,5-6,8-9,11-12H2,1-3H3,(H,22,23,26)/t13-,14+. The highest BCUT2D eigenvalue weighted by molar-refractivity contribution is 6.05. The topological polar surface area (TPSA) is 81.5 Å². The molecule has 0 radical (unpaired) electrons. The summed E-state index contributed by atoms with van der Waals surface area (Å²) in [5, 5.41) is 7.17. The third kappa shape index (κ3) is 4.02. The van der Waals surface area contributed by atoms with Crippen molar-refractivity contribution in [1.29, 1.82) is 0 Å². The first kappa shape index (κ1) is 18.9. The number of ether oxygens (including phenoxy) is 2. The van der Waals surface area contributed by atoms with Crippen LogP contribution in [0.2, 0.25) is 0 Å². The van der Waals surface area contributed by atoms with Crippen molar-refractivity contribution in [3.8, 4) is 0 Å². The monoisotopic (exact) mass is 385 g/mol. The number of aromatic nitrogens is 3. The first-order valence-electron chi connectivity index (χ1n) is 9.81. The van der Waals surface area contributed by atoms with Crippen LogP contribution in [0.5, 0.6) is 0 Å². The summed E-state index contributed by atoms with van der Waals surface area (Å²) in [6.07, 6.45) is 3.45. The number of nitrogens with zero attached hydrogens (tertiary/aromatic N) is 4. The van der Waals surface area contributed by atoms with Crippen LogP contribution in [0.1, 0.15) is 35.5 Å². The molecule has 0 spiro atoms. The summed E-state index contributed by atoms with van der Waals surface area (Å²) < 4.78 is 13.1. The predicted octanol–water partition coefficient (Wildman–Crippen LogP) is 1.80. The molecular formula is C20H27N5O3. The van der Waals surface area contributed by atoms with E-state index in [1.165, 1.54) is 0 Å². The molecule has 28 heavy (non-hydrogen) atoms. The lowest BCUT2D eigenvalue weighted by Gasteiger charge is -2.36. The van der Waals surface area contributed by atoms with Gasteiger partial charge in [0.2, 0.25) is 0 Å². The maximum Gasteiger partial charge on any atom is 0.257 e. The molecule has 1 amide bonds. The molecule has 0 aliphatic carbocycles. The maximum atomic E-state index is 13.1. The fraction of sp³-hybridized carbons (Fsp3) is 0.550. The van der Waals surface area contributed by atoms with Crippen molar-refractivity contribution in [2.24, 2.45) is 7.05 Å². The minimum Gasteiger partial charge on any atom is -0.381 e. The minimum atomic E-state index is -0.158. The van der Waals surface area contributed by atoms with Gasteiger partial charge in [0.05, 0.1) is 25.4 Å². The SMILES string of the molecule is C[C@@H]1CN(c2cc(C(=O)Nc3ccn(C)n3)c3c(n2)CCOCC3)C[C@H](C)O1. The Morgan fingerprint density at radius 1 is 1.21 bits per heavy atom. The maximum absolute atomic E-state index is 13.1. The third-order valence-electron chi connectivity index (χ3n) is 5.12. The van der Waals surface area contributed by atoms with Crippen LogP contribution in [-0.4, -0.2) is 59.2 Å². The first-order chi connectivity index (χ1) is 13.5. The van der Waals surface area contributed by atoms with Gasteiger partial charge in [0.25, 0.3) is 5.91 Å². The molecule has 1 fully saturated rings. The number of nitrogens with one attached hydrogen (secondary N) is 1. The molecule has 4 heterocycles. The van der Waals surface area contributed by atoms with Gasteiger partial charge in [-0.15, -0.1) is 0 Å². The lowest BCUT2D eigenvalue weighted by molar-refractivity contribution is -0.00547. The summed E-state index contributed by atoms with van der Waals surface area (Å²) in [4.78, 5) is 20.2. The van der Waals surface area contributed by atoms with Gasteiger partial charge in [0.1, 0.15) is 5.82 Å². The number of rotatable bonds is 3. The number of aryl methyl sites for hydroxylation is 1. The van der Waals surface area contributed by atoms with Gasteiger partial charge in [-0.25, -0.2) is 4.98 Å². The fourth-order valence-corrected chi connectivity index (χ4v) is 3.94. The van der Waals surface area contributed by atoms with Gasteiger partial charge in [0, 0.05) is 50.1 Å². The average Bonchev–Trinajstić information content (AvgIpc) is 2.91. The number of carbonyl (C=O) groups excluding carboxylic acids is 1. The quantitative estimate of drug-likeness (QED) is 0.868. The van der Waals surface area contributed by atoms with Gasteiger partial charge in [-0.2, -0.15) is 5.10 Å². The Balaban J connectivity index is 1.69. The summed E-state index contributed by atoms with van der Waals surface area (Å²) in [5.41, 5.74) is 2.58. The molecule has 4 rings (SSSR count). The second kappa shape index (κ2) is 7.89. The summed E-state index contributed by atoms with van der Waals surface area (Å²) in [7, 11) is 1.82. The van der Waals surface area contributed by atoms with E-state index in [9.17, 15) is 4.79 Å². The van der Waals surface area contributed by atoms with Gasteiger partial charge in [-0.05, 0) is 31.9 Å². The average molecular weight is 385 g/mol. The molecular weight excluding hydrogens is 358 g/mol. The highest BCUT2D eigenvalue weighted by atomic mass is 16.5. The van der Waals surface area contributed by atoms with Crippen LogP contribution in [0.25, 0.3) is 0 Å². The lowest BCUT2D eigenvalue weighted by Crippen LogP contribution is -2.46. The molecule has 2 aromatic heterocycles. The Kier molecular flexibility index (Phi) is 5.32. The van der Waals surface area contributed by atoms with Crippen LogP contribution < -0.4 is 10.2 Å². The van der Waals surface area contributed by atoms with E-state index in [1.54, 1.807) is 16.9 Å². The Morgan fingerprint density at radius 3 is 2.68 bits per heavy atom. The van der Waals surface area contributed by atoms with E-state index in [4.69, 9.17) is 14.5 Å². The zero-order valence-corrected chi connectivity index (χ0v) is 16.6. The number of hydrogen-bond acceptors (Lipinski definition) is 6. The highest BCUT2D eigenvalue weighted by Gasteiger charge is 2.27. The smallest absolute Gasteiger partial charge is 0.257 e. The minimum absolute atomic E-state index is 0.124. The summed E-state index contributed by atoms with van der Waals surface area (Å²) in [6.45, 7) is 6.87. The van der Waals surface area contributed by atoms with Crippen LogP contribution in [0, 0.1) is 0 Å². The molecule has 2 aliphatic rings. The number of hydrogen-bond donors (Lipinski definition) is 1. The van der Waals surface area contributed by atoms with Crippen LogP contribution in [0.4, 0.5) is 11.6 Å². The zero-order valence-electron chi connectivity index (χ0n) is 16.6. The van der Waals surface area contributed by atoms with Crippen molar-refractivity contribution in [3.63, 3.8) is 0 Å². The van der Waals surface area contributed by atoms with E-state index in [2.05, 4.69) is 29.2 Å². The van der Waals surface area contributed by atoms with Crippen molar-refractivity contribution in [2.45, 2.75) is 38.9 Å². The Hall–Kier alpha value is -2.45. The number of anilines is 2. The van der Waals surface area contributed by atoms with E-state index in [1.807, 2.05) is 13.1 Å².